The monoisotopic (exact) mass is 380 g/mol. The first-order valence-corrected chi connectivity index (χ1v) is 10.1. The van der Waals surface area contributed by atoms with Gasteiger partial charge < -0.3 is 10.2 Å². The summed E-state index contributed by atoms with van der Waals surface area (Å²) in [5.74, 6) is 0.695. The van der Waals surface area contributed by atoms with Gasteiger partial charge in [0.15, 0.2) is 0 Å². The molecule has 140 valence electrons. The lowest BCUT2D eigenvalue weighted by Gasteiger charge is -2.33. The third-order valence-corrected chi connectivity index (χ3v) is 6.14. The maximum atomic E-state index is 12.8. The average Bonchev–Trinajstić information content (AvgIpc) is 3.29. The summed E-state index contributed by atoms with van der Waals surface area (Å²) < 4.78 is 1.90. The summed E-state index contributed by atoms with van der Waals surface area (Å²) in [6.07, 6.45) is 2.05. The largest absolute Gasteiger partial charge is 0.341 e. The SMILES string of the molecule is CC(C(=O)N(C)Cc1cn(-c2ccccc2)nc1-c1cccs1)C1CNC1. The second-order valence-corrected chi connectivity index (χ2v) is 8.11. The van der Waals surface area contributed by atoms with E-state index in [-0.39, 0.29) is 11.8 Å². The van der Waals surface area contributed by atoms with Crippen LogP contribution in [0.25, 0.3) is 16.3 Å². The molecule has 4 rings (SSSR count). The predicted molar refractivity (Wildman–Crippen MR) is 109 cm³/mol. The van der Waals surface area contributed by atoms with Crippen LogP contribution in [0.2, 0.25) is 0 Å². The van der Waals surface area contributed by atoms with Crippen LogP contribution in [0.3, 0.4) is 0 Å². The number of hydrogen-bond donors (Lipinski definition) is 1. The van der Waals surface area contributed by atoms with Crippen molar-refractivity contribution < 1.29 is 4.79 Å². The zero-order chi connectivity index (χ0) is 18.8. The van der Waals surface area contributed by atoms with E-state index in [1.165, 1.54) is 0 Å². The highest BCUT2D eigenvalue weighted by Crippen LogP contribution is 2.29. The molecule has 1 aromatic carbocycles. The zero-order valence-electron chi connectivity index (χ0n) is 15.6. The van der Waals surface area contributed by atoms with E-state index < -0.39 is 0 Å². The first-order chi connectivity index (χ1) is 13.1. The number of aromatic nitrogens is 2. The fourth-order valence-corrected chi connectivity index (χ4v) is 4.15. The zero-order valence-corrected chi connectivity index (χ0v) is 16.4. The van der Waals surface area contributed by atoms with Crippen LogP contribution in [0.5, 0.6) is 0 Å². The molecule has 0 spiro atoms. The summed E-state index contributed by atoms with van der Waals surface area (Å²) in [5, 5.41) is 10.1. The van der Waals surface area contributed by atoms with E-state index in [2.05, 4.69) is 16.8 Å². The molecule has 1 unspecified atom stereocenters. The Hall–Kier alpha value is -2.44. The second-order valence-electron chi connectivity index (χ2n) is 7.16. The molecule has 6 heteroatoms. The normalized spacial score (nSPS) is 15.3. The van der Waals surface area contributed by atoms with Crippen LogP contribution >= 0.6 is 11.3 Å². The van der Waals surface area contributed by atoms with Gasteiger partial charge in [0.2, 0.25) is 5.91 Å². The van der Waals surface area contributed by atoms with Gasteiger partial charge in [0.1, 0.15) is 5.69 Å². The molecule has 1 aliphatic rings. The van der Waals surface area contributed by atoms with Crippen LogP contribution in [0, 0.1) is 11.8 Å². The van der Waals surface area contributed by atoms with E-state index in [1.807, 2.05) is 66.1 Å². The van der Waals surface area contributed by atoms with Gasteiger partial charge in [0.05, 0.1) is 10.6 Å². The molecular formula is C21H24N4OS. The van der Waals surface area contributed by atoms with Crippen LogP contribution in [0.1, 0.15) is 12.5 Å². The van der Waals surface area contributed by atoms with Crippen molar-refractivity contribution in [1.82, 2.24) is 20.0 Å². The summed E-state index contributed by atoms with van der Waals surface area (Å²) in [7, 11) is 1.89. The van der Waals surface area contributed by atoms with Gasteiger partial charge in [-0.15, -0.1) is 11.3 Å². The Morgan fingerprint density at radius 2 is 2.07 bits per heavy atom. The van der Waals surface area contributed by atoms with E-state index >= 15 is 0 Å². The van der Waals surface area contributed by atoms with Crippen LogP contribution in [-0.2, 0) is 11.3 Å². The molecule has 3 heterocycles. The summed E-state index contributed by atoms with van der Waals surface area (Å²) >= 11 is 1.67. The number of amides is 1. The average molecular weight is 381 g/mol. The van der Waals surface area contributed by atoms with E-state index in [0.29, 0.717) is 12.5 Å². The Kier molecular flexibility index (Phi) is 5.09. The molecule has 0 bridgehead atoms. The summed E-state index contributed by atoms with van der Waals surface area (Å²) in [6, 6.07) is 14.2. The van der Waals surface area contributed by atoms with Crippen molar-refractivity contribution in [1.29, 1.82) is 0 Å². The van der Waals surface area contributed by atoms with Gasteiger partial charge in [0, 0.05) is 31.3 Å². The predicted octanol–water partition coefficient (Wildman–Crippen LogP) is 3.41. The van der Waals surface area contributed by atoms with Crippen molar-refractivity contribution in [3.8, 4) is 16.3 Å². The lowest BCUT2D eigenvalue weighted by Crippen LogP contribution is -2.49. The van der Waals surface area contributed by atoms with Gasteiger partial charge in [0.25, 0.3) is 0 Å². The first-order valence-electron chi connectivity index (χ1n) is 9.27. The molecule has 1 fully saturated rings. The molecule has 1 saturated heterocycles. The number of hydrogen-bond acceptors (Lipinski definition) is 4. The smallest absolute Gasteiger partial charge is 0.225 e. The number of thiophene rings is 1. The Balaban J connectivity index is 1.60. The number of nitrogens with one attached hydrogen (secondary N) is 1. The molecule has 0 radical (unpaired) electrons. The minimum Gasteiger partial charge on any atom is -0.341 e. The maximum Gasteiger partial charge on any atom is 0.225 e. The first kappa shape index (κ1) is 17.9. The number of carbonyl (C=O) groups excluding carboxylic acids is 1. The quantitative estimate of drug-likeness (QED) is 0.713. The molecule has 1 amide bonds. The van der Waals surface area contributed by atoms with Crippen LogP contribution in [0.4, 0.5) is 0 Å². The fourth-order valence-electron chi connectivity index (χ4n) is 3.41. The third kappa shape index (κ3) is 3.68. The molecule has 27 heavy (non-hydrogen) atoms. The molecule has 1 aliphatic heterocycles. The second kappa shape index (κ2) is 7.66. The van der Waals surface area contributed by atoms with Crippen molar-refractivity contribution in [2.45, 2.75) is 13.5 Å². The van der Waals surface area contributed by atoms with Gasteiger partial charge >= 0.3 is 0 Å². The van der Waals surface area contributed by atoms with Crippen molar-refractivity contribution in [2.24, 2.45) is 11.8 Å². The minimum atomic E-state index is 0.0469. The van der Waals surface area contributed by atoms with Crippen molar-refractivity contribution in [3.05, 3.63) is 59.6 Å². The molecule has 1 atom stereocenters. The molecule has 3 aromatic rings. The Bertz CT molecular complexity index is 900. The number of rotatable bonds is 6. The molecule has 0 saturated carbocycles. The molecule has 5 nitrogen and oxygen atoms in total. The standard InChI is InChI=1S/C21H24N4OS/c1-15(16-11-22-12-16)21(26)24(2)13-17-14-25(18-7-4-3-5-8-18)23-20(17)19-9-6-10-27-19/h3-10,14-16,22H,11-13H2,1-2H3. The third-order valence-electron chi connectivity index (χ3n) is 5.26. The summed E-state index contributed by atoms with van der Waals surface area (Å²) in [6.45, 7) is 4.47. The highest BCUT2D eigenvalue weighted by Gasteiger charge is 2.31. The van der Waals surface area contributed by atoms with E-state index in [4.69, 9.17) is 5.10 Å². The lowest BCUT2D eigenvalue weighted by atomic mass is 9.88. The highest BCUT2D eigenvalue weighted by atomic mass is 32.1. The molecule has 2 aromatic heterocycles. The van der Waals surface area contributed by atoms with Crippen LogP contribution < -0.4 is 5.32 Å². The Morgan fingerprint density at radius 1 is 1.30 bits per heavy atom. The number of nitrogens with zero attached hydrogens (tertiary/aromatic N) is 3. The van der Waals surface area contributed by atoms with Gasteiger partial charge in [-0.05, 0) is 42.6 Å². The minimum absolute atomic E-state index is 0.0469. The highest BCUT2D eigenvalue weighted by molar-refractivity contribution is 7.13. The topological polar surface area (TPSA) is 50.2 Å². The summed E-state index contributed by atoms with van der Waals surface area (Å²) in [5.41, 5.74) is 3.03. The fraction of sp³-hybridized carbons (Fsp3) is 0.333. The maximum absolute atomic E-state index is 12.8. The van der Waals surface area contributed by atoms with Crippen molar-refractivity contribution in [2.75, 3.05) is 20.1 Å². The van der Waals surface area contributed by atoms with Gasteiger partial charge in [-0.3, -0.25) is 4.79 Å². The van der Waals surface area contributed by atoms with Gasteiger partial charge in [-0.1, -0.05) is 31.2 Å². The number of para-hydroxylation sites is 1. The molecular weight excluding hydrogens is 356 g/mol. The Morgan fingerprint density at radius 3 is 2.70 bits per heavy atom. The van der Waals surface area contributed by atoms with Crippen LogP contribution in [0.15, 0.2) is 54.0 Å². The number of benzene rings is 1. The van der Waals surface area contributed by atoms with Crippen LogP contribution in [-0.4, -0.2) is 40.7 Å². The molecule has 0 aliphatic carbocycles. The van der Waals surface area contributed by atoms with Gasteiger partial charge in [-0.2, -0.15) is 5.10 Å². The Labute approximate surface area is 163 Å². The van der Waals surface area contributed by atoms with Crippen molar-refractivity contribution in [3.63, 3.8) is 0 Å². The summed E-state index contributed by atoms with van der Waals surface area (Å²) in [4.78, 5) is 15.8. The molecule has 1 N–H and O–H groups in total. The van der Waals surface area contributed by atoms with E-state index in [9.17, 15) is 4.79 Å². The lowest BCUT2D eigenvalue weighted by molar-refractivity contribution is -0.136. The van der Waals surface area contributed by atoms with Gasteiger partial charge in [-0.25, -0.2) is 4.68 Å². The van der Waals surface area contributed by atoms with Crippen molar-refractivity contribution >= 4 is 17.2 Å². The van der Waals surface area contributed by atoms with E-state index in [1.54, 1.807) is 11.3 Å². The van der Waals surface area contributed by atoms with E-state index in [0.717, 1.165) is 34.9 Å². The number of carbonyl (C=O) groups is 1.